The smallest absolute Gasteiger partial charge is 0.289 e. The fraction of sp³-hybridized carbons (Fsp3) is 0.500. The molecule has 1 aliphatic carbocycles. The molecule has 100 valence electrons. The lowest BCUT2D eigenvalue weighted by Crippen LogP contribution is -2.27. The largest absolute Gasteiger partial charge is 0.340 e. The topological polar surface area (TPSA) is 83.6 Å². The molecule has 6 nitrogen and oxygen atoms in total. The van der Waals surface area contributed by atoms with Gasteiger partial charge in [-0.05, 0) is 32.6 Å². The van der Waals surface area contributed by atoms with Crippen molar-refractivity contribution in [2.24, 2.45) is 0 Å². The summed E-state index contributed by atoms with van der Waals surface area (Å²) in [6.07, 6.45) is 5.97. The van der Waals surface area contributed by atoms with Gasteiger partial charge in [0.05, 0.1) is 11.7 Å². The Labute approximate surface area is 114 Å². The van der Waals surface area contributed by atoms with Gasteiger partial charge in [0.15, 0.2) is 0 Å². The van der Waals surface area contributed by atoms with Crippen LogP contribution in [0, 0.1) is 0 Å². The number of thiazole rings is 1. The van der Waals surface area contributed by atoms with E-state index in [9.17, 15) is 4.79 Å². The van der Waals surface area contributed by atoms with E-state index in [2.05, 4.69) is 25.5 Å². The molecule has 0 aliphatic heterocycles. The number of fused-ring (bicyclic) bond motifs is 1. The van der Waals surface area contributed by atoms with Crippen molar-refractivity contribution in [1.29, 1.82) is 0 Å². The molecule has 0 unspecified atom stereocenters. The molecule has 0 saturated carbocycles. The molecule has 0 fully saturated rings. The number of hydrogen-bond acceptors (Lipinski definition) is 5. The molecule has 1 amide bonds. The van der Waals surface area contributed by atoms with Gasteiger partial charge in [-0.2, -0.15) is 5.10 Å². The molecule has 0 saturated heterocycles. The number of hydrogen-bond donors (Lipinski definition) is 2. The molecule has 19 heavy (non-hydrogen) atoms. The Kier molecular flexibility index (Phi) is 3.29. The lowest BCUT2D eigenvalue weighted by molar-refractivity contribution is 0.0929. The quantitative estimate of drug-likeness (QED) is 0.893. The van der Waals surface area contributed by atoms with Gasteiger partial charge in [-0.3, -0.25) is 9.89 Å². The first kappa shape index (κ1) is 12.3. The normalized spacial score (nSPS) is 15.8. The van der Waals surface area contributed by atoms with Crippen molar-refractivity contribution in [1.82, 2.24) is 25.5 Å². The monoisotopic (exact) mass is 277 g/mol. The average molecular weight is 277 g/mol. The second-order valence-electron chi connectivity index (χ2n) is 4.66. The molecule has 2 aromatic heterocycles. The number of carbonyl (C=O) groups excluding carboxylic acids is 1. The summed E-state index contributed by atoms with van der Waals surface area (Å²) in [6, 6.07) is -0.104. The van der Waals surface area contributed by atoms with Gasteiger partial charge in [0.25, 0.3) is 5.91 Å². The number of nitrogens with one attached hydrogen (secondary N) is 2. The SMILES string of the molecule is C[C@H](NC(=O)c1ncn[nH]1)c1nc2c(s1)CCCC2. The summed E-state index contributed by atoms with van der Waals surface area (Å²) in [5.41, 5.74) is 1.21. The molecule has 0 bridgehead atoms. The third-order valence-corrected chi connectivity index (χ3v) is 4.55. The van der Waals surface area contributed by atoms with Crippen molar-refractivity contribution in [2.45, 2.75) is 38.6 Å². The van der Waals surface area contributed by atoms with Crippen LogP contribution in [0.4, 0.5) is 0 Å². The van der Waals surface area contributed by atoms with Crippen LogP contribution in [0.15, 0.2) is 6.33 Å². The lowest BCUT2D eigenvalue weighted by Gasteiger charge is -2.09. The standard InChI is InChI=1S/C12H15N5OS/c1-7(15-11(18)10-13-6-14-17-10)12-16-8-4-2-3-5-9(8)19-12/h6-7H,2-5H2,1H3,(H,15,18)(H,13,14,17)/t7-/m0/s1. The Hall–Kier alpha value is -1.76. The highest BCUT2D eigenvalue weighted by Crippen LogP contribution is 2.29. The molecule has 2 heterocycles. The van der Waals surface area contributed by atoms with E-state index < -0.39 is 0 Å². The van der Waals surface area contributed by atoms with E-state index in [0.29, 0.717) is 0 Å². The zero-order valence-electron chi connectivity index (χ0n) is 10.6. The third kappa shape index (κ3) is 2.51. The Morgan fingerprint density at radius 2 is 2.32 bits per heavy atom. The zero-order chi connectivity index (χ0) is 13.2. The summed E-state index contributed by atoms with van der Waals surface area (Å²) in [5.74, 6) is -0.0219. The Morgan fingerprint density at radius 3 is 3.05 bits per heavy atom. The van der Waals surface area contributed by atoms with Crippen molar-refractivity contribution in [3.05, 3.63) is 27.7 Å². The van der Waals surface area contributed by atoms with Crippen LogP contribution in [0.2, 0.25) is 0 Å². The van der Waals surface area contributed by atoms with Gasteiger partial charge in [-0.1, -0.05) is 0 Å². The van der Waals surface area contributed by atoms with Crippen molar-refractivity contribution in [2.75, 3.05) is 0 Å². The van der Waals surface area contributed by atoms with E-state index in [-0.39, 0.29) is 17.8 Å². The maximum Gasteiger partial charge on any atom is 0.289 e. The summed E-state index contributed by atoms with van der Waals surface area (Å²) in [6.45, 7) is 1.94. The van der Waals surface area contributed by atoms with Gasteiger partial charge in [-0.25, -0.2) is 9.97 Å². The first-order chi connectivity index (χ1) is 9.24. The predicted octanol–water partition coefficient (Wildman–Crippen LogP) is 1.63. The van der Waals surface area contributed by atoms with E-state index in [1.54, 1.807) is 11.3 Å². The van der Waals surface area contributed by atoms with Crippen LogP contribution in [0.25, 0.3) is 0 Å². The maximum absolute atomic E-state index is 11.9. The van der Waals surface area contributed by atoms with Crippen LogP contribution in [-0.2, 0) is 12.8 Å². The molecule has 1 aliphatic rings. The summed E-state index contributed by atoms with van der Waals surface area (Å²) >= 11 is 1.71. The van der Waals surface area contributed by atoms with Crippen molar-refractivity contribution < 1.29 is 4.79 Å². The van der Waals surface area contributed by atoms with Crippen LogP contribution in [-0.4, -0.2) is 26.1 Å². The Morgan fingerprint density at radius 1 is 1.47 bits per heavy atom. The first-order valence-corrected chi connectivity index (χ1v) is 7.20. The summed E-state index contributed by atoms with van der Waals surface area (Å²) < 4.78 is 0. The molecule has 7 heteroatoms. The number of aromatic amines is 1. The van der Waals surface area contributed by atoms with Gasteiger partial charge < -0.3 is 5.32 Å². The van der Waals surface area contributed by atoms with Gasteiger partial charge in [0.2, 0.25) is 5.82 Å². The number of aryl methyl sites for hydroxylation is 2. The number of aromatic nitrogens is 4. The van der Waals surface area contributed by atoms with Gasteiger partial charge in [-0.15, -0.1) is 11.3 Å². The molecule has 0 spiro atoms. The molecular weight excluding hydrogens is 262 g/mol. The fourth-order valence-electron chi connectivity index (χ4n) is 2.20. The molecule has 0 radical (unpaired) electrons. The summed E-state index contributed by atoms with van der Waals surface area (Å²) in [4.78, 5) is 21.7. The van der Waals surface area contributed by atoms with E-state index >= 15 is 0 Å². The number of rotatable bonds is 3. The molecule has 3 rings (SSSR count). The lowest BCUT2D eigenvalue weighted by atomic mass is 10.0. The fourth-order valence-corrected chi connectivity index (χ4v) is 3.35. The van der Waals surface area contributed by atoms with Gasteiger partial charge >= 0.3 is 0 Å². The second-order valence-corrected chi connectivity index (χ2v) is 5.77. The minimum atomic E-state index is -0.252. The minimum Gasteiger partial charge on any atom is -0.340 e. The van der Waals surface area contributed by atoms with Crippen molar-refractivity contribution >= 4 is 17.2 Å². The zero-order valence-corrected chi connectivity index (χ0v) is 11.5. The first-order valence-electron chi connectivity index (χ1n) is 6.39. The predicted molar refractivity (Wildman–Crippen MR) is 71.0 cm³/mol. The van der Waals surface area contributed by atoms with Crippen LogP contribution >= 0.6 is 11.3 Å². The van der Waals surface area contributed by atoms with Gasteiger partial charge in [0, 0.05) is 4.88 Å². The Balaban J connectivity index is 1.71. The van der Waals surface area contributed by atoms with Crippen LogP contribution in [0.3, 0.4) is 0 Å². The number of carbonyl (C=O) groups is 1. The summed E-state index contributed by atoms with van der Waals surface area (Å²) in [5, 5.41) is 10.1. The molecule has 2 aromatic rings. The van der Waals surface area contributed by atoms with Crippen LogP contribution in [0.5, 0.6) is 0 Å². The van der Waals surface area contributed by atoms with E-state index in [1.165, 1.54) is 29.7 Å². The highest BCUT2D eigenvalue weighted by Gasteiger charge is 2.20. The highest BCUT2D eigenvalue weighted by atomic mass is 32.1. The van der Waals surface area contributed by atoms with Crippen molar-refractivity contribution in [3.8, 4) is 0 Å². The molecular formula is C12H15N5OS. The Bertz CT molecular complexity index is 553. The third-order valence-electron chi connectivity index (χ3n) is 3.21. The minimum absolute atomic E-state index is 0.104. The maximum atomic E-state index is 11.9. The van der Waals surface area contributed by atoms with Crippen molar-refractivity contribution in [3.63, 3.8) is 0 Å². The highest BCUT2D eigenvalue weighted by molar-refractivity contribution is 7.11. The average Bonchev–Trinajstić information content (AvgIpc) is 3.07. The number of amides is 1. The van der Waals surface area contributed by atoms with E-state index in [0.717, 1.165) is 17.8 Å². The number of nitrogens with zero attached hydrogens (tertiary/aromatic N) is 3. The van der Waals surface area contributed by atoms with Crippen LogP contribution < -0.4 is 5.32 Å². The van der Waals surface area contributed by atoms with Gasteiger partial charge in [0.1, 0.15) is 11.3 Å². The molecule has 0 aromatic carbocycles. The second kappa shape index (κ2) is 5.08. The molecule has 1 atom stereocenters. The summed E-state index contributed by atoms with van der Waals surface area (Å²) in [7, 11) is 0. The molecule has 2 N–H and O–H groups in total. The van der Waals surface area contributed by atoms with E-state index in [4.69, 9.17) is 0 Å². The number of H-pyrrole nitrogens is 1. The van der Waals surface area contributed by atoms with Crippen LogP contribution in [0.1, 0.15) is 52.0 Å². The van der Waals surface area contributed by atoms with E-state index in [1.807, 2.05) is 6.92 Å².